The largest absolute Gasteiger partial charge is 0.332 e. The van der Waals surface area contributed by atoms with Gasteiger partial charge in [0.2, 0.25) is 0 Å². The number of amides is 3. The SMILES string of the molecule is C=CCN1C(SCCCCCC)=NC2C1C(=O)NC(=O)N2C. The Morgan fingerprint density at radius 3 is 2.82 bits per heavy atom. The molecule has 1 N–H and O–H groups in total. The minimum absolute atomic E-state index is 0.278. The van der Waals surface area contributed by atoms with Crippen LogP contribution >= 0.6 is 11.8 Å². The molecule has 1 saturated heterocycles. The zero-order valence-electron chi connectivity index (χ0n) is 13.2. The van der Waals surface area contributed by atoms with Crippen molar-refractivity contribution in [3.63, 3.8) is 0 Å². The Bertz CT molecular complexity index is 480. The van der Waals surface area contributed by atoms with E-state index in [4.69, 9.17) is 0 Å². The lowest BCUT2D eigenvalue weighted by Crippen LogP contribution is -2.63. The molecule has 0 spiro atoms. The van der Waals surface area contributed by atoms with Gasteiger partial charge in [0, 0.05) is 19.3 Å². The van der Waals surface area contributed by atoms with Crippen molar-refractivity contribution in [3.05, 3.63) is 12.7 Å². The molecule has 0 bridgehead atoms. The number of amidine groups is 1. The molecule has 0 aromatic rings. The van der Waals surface area contributed by atoms with Crippen LogP contribution in [0.4, 0.5) is 4.79 Å². The number of fused-ring (bicyclic) bond motifs is 1. The highest BCUT2D eigenvalue weighted by Crippen LogP contribution is 2.28. The van der Waals surface area contributed by atoms with Crippen LogP contribution in [0.3, 0.4) is 0 Å². The standard InChI is InChI=1S/C15H24N4O2S/c1-4-6-7-8-10-22-15-16-12-11(19(15)9-5-2)13(20)17-14(21)18(12)3/h5,11-12H,2,4,6-10H2,1,3H3,(H,17,20,21). The summed E-state index contributed by atoms with van der Waals surface area (Å²) >= 11 is 1.66. The summed E-state index contributed by atoms with van der Waals surface area (Å²) in [6.07, 6.45) is 6.14. The molecular formula is C15H24N4O2S. The normalized spacial score (nSPS) is 24.2. The van der Waals surface area contributed by atoms with Crippen LogP contribution in [0.25, 0.3) is 0 Å². The van der Waals surface area contributed by atoms with Gasteiger partial charge >= 0.3 is 6.03 Å². The monoisotopic (exact) mass is 324 g/mol. The maximum atomic E-state index is 12.2. The number of carbonyl (C=O) groups is 2. The van der Waals surface area contributed by atoms with E-state index in [2.05, 4.69) is 23.8 Å². The van der Waals surface area contributed by atoms with Crippen LogP contribution in [-0.2, 0) is 4.79 Å². The molecule has 22 heavy (non-hydrogen) atoms. The predicted octanol–water partition coefficient (Wildman–Crippen LogP) is 2.03. The van der Waals surface area contributed by atoms with E-state index < -0.39 is 12.2 Å². The minimum atomic E-state index is -0.446. The van der Waals surface area contributed by atoms with Crippen LogP contribution < -0.4 is 5.32 Å². The third kappa shape index (κ3) is 3.45. The van der Waals surface area contributed by atoms with Gasteiger partial charge in [0.25, 0.3) is 5.91 Å². The van der Waals surface area contributed by atoms with Crippen molar-refractivity contribution < 1.29 is 9.59 Å². The van der Waals surface area contributed by atoms with E-state index in [-0.39, 0.29) is 11.9 Å². The molecule has 2 unspecified atom stereocenters. The van der Waals surface area contributed by atoms with Crippen LogP contribution in [0.15, 0.2) is 17.6 Å². The molecule has 6 nitrogen and oxygen atoms in total. The van der Waals surface area contributed by atoms with Crippen molar-refractivity contribution in [2.75, 3.05) is 19.3 Å². The molecule has 2 aliphatic rings. The number of urea groups is 1. The molecule has 0 radical (unpaired) electrons. The summed E-state index contributed by atoms with van der Waals surface area (Å²) in [7, 11) is 1.67. The summed E-state index contributed by atoms with van der Waals surface area (Å²) in [5, 5.41) is 3.22. The lowest BCUT2D eigenvalue weighted by atomic mass is 10.1. The second-order valence-corrected chi connectivity index (χ2v) is 6.59. The molecule has 2 rings (SSSR count). The number of imide groups is 1. The van der Waals surface area contributed by atoms with Crippen LogP contribution in [0.2, 0.25) is 0 Å². The maximum absolute atomic E-state index is 12.2. The number of hydrogen-bond donors (Lipinski definition) is 1. The van der Waals surface area contributed by atoms with Crippen molar-refractivity contribution in [3.8, 4) is 0 Å². The summed E-state index contributed by atoms with van der Waals surface area (Å²) in [4.78, 5) is 31.9. The number of carbonyl (C=O) groups excluding carboxylic acids is 2. The second-order valence-electron chi connectivity index (χ2n) is 5.53. The van der Waals surface area contributed by atoms with E-state index in [1.54, 1.807) is 24.9 Å². The van der Waals surface area contributed by atoms with Crippen molar-refractivity contribution >= 4 is 28.9 Å². The third-order valence-electron chi connectivity index (χ3n) is 3.88. The summed E-state index contributed by atoms with van der Waals surface area (Å²) in [5.41, 5.74) is 0. The van der Waals surface area contributed by atoms with Crippen molar-refractivity contribution in [2.45, 2.75) is 44.8 Å². The van der Waals surface area contributed by atoms with E-state index >= 15 is 0 Å². The van der Waals surface area contributed by atoms with E-state index in [0.717, 1.165) is 17.3 Å². The van der Waals surface area contributed by atoms with Crippen LogP contribution in [0, 0.1) is 0 Å². The molecule has 0 saturated carbocycles. The minimum Gasteiger partial charge on any atom is -0.332 e. The first-order valence-electron chi connectivity index (χ1n) is 7.76. The number of aliphatic imine (C=N–C) groups is 1. The Morgan fingerprint density at radius 2 is 2.14 bits per heavy atom. The van der Waals surface area contributed by atoms with Crippen molar-refractivity contribution in [1.29, 1.82) is 0 Å². The fraction of sp³-hybridized carbons (Fsp3) is 0.667. The Labute approximate surface area is 136 Å². The zero-order chi connectivity index (χ0) is 16.1. The summed E-state index contributed by atoms with van der Waals surface area (Å²) in [5.74, 6) is 0.700. The van der Waals surface area contributed by atoms with E-state index in [1.165, 1.54) is 24.2 Å². The molecule has 2 atom stereocenters. The van der Waals surface area contributed by atoms with Crippen LogP contribution in [0.5, 0.6) is 0 Å². The van der Waals surface area contributed by atoms with Gasteiger partial charge in [-0.1, -0.05) is 44.0 Å². The van der Waals surface area contributed by atoms with Gasteiger partial charge in [-0.25, -0.2) is 9.79 Å². The van der Waals surface area contributed by atoms with Gasteiger partial charge in [0.1, 0.15) is 0 Å². The Kier molecular flexibility index (Phi) is 5.88. The van der Waals surface area contributed by atoms with E-state index in [0.29, 0.717) is 6.54 Å². The molecular weight excluding hydrogens is 300 g/mol. The first kappa shape index (κ1) is 16.9. The molecule has 0 aliphatic carbocycles. The lowest BCUT2D eigenvalue weighted by molar-refractivity contribution is -0.126. The number of unbranched alkanes of at least 4 members (excludes halogenated alkanes) is 3. The fourth-order valence-electron chi connectivity index (χ4n) is 2.64. The topological polar surface area (TPSA) is 65.0 Å². The number of rotatable bonds is 7. The van der Waals surface area contributed by atoms with Gasteiger partial charge in [0.15, 0.2) is 17.4 Å². The quantitative estimate of drug-likeness (QED) is 0.575. The Balaban J connectivity index is 2.05. The number of nitrogens with zero attached hydrogens (tertiary/aromatic N) is 3. The Hall–Kier alpha value is -1.50. The van der Waals surface area contributed by atoms with Crippen molar-refractivity contribution in [2.24, 2.45) is 4.99 Å². The summed E-state index contributed by atoms with van der Waals surface area (Å²) < 4.78 is 0. The van der Waals surface area contributed by atoms with Gasteiger partial charge in [-0.05, 0) is 6.42 Å². The Morgan fingerprint density at radius 1 is 1.36 bits per heavy atom. The number of thioether (sulfide) groups is 1. The van der Waals surface area contributed by atoms with Gasteiger partial charge in [-0.15, -0.1) is 6.58 Å². The average Bonchev–Trinajstić information content (AvgIpc) is 2.85. The van der Waals surface area contributed by atoms with Gasteiger partial charge in [0.05, 0.1) is 0 Å². The number of hydrogen-bond acceptors (Lipinski definition) is 5. The molecule has 1 fully saturated rings. The van der Waals surface area contributed by atoms with E-state index in [9.17, 15) is 9.59 Å². The highest BCUT2D eigenvalue weighted by molar-refractivity contribution is 8.13. The smallest absolute Gasteiger partial charge is 0.325 e. The van der Waals surface area contributed by atoms with Crippen LogP contribution in [-0.4, -0.2) is 58.5 Å². The number of nitrogens with one attached hydrogen (secondary N) is 1. The second kappa shape index (κ2) is 7.67. The molecule has 7 heteroatoms. The first-order chi connectivity index (χ1) is 10.6. The lowest BCUT2D eigenvalue weighted by Gasteiger charge is -2.35. The summed E-state index contributed by atoms with van der Waals surface area (Å²) in [6, 6.07) is -0.832. The maximum Gasteiger partial charge on any atom is 0.325 e. The molecule has 2 aliphatic heterocycles. The fourth-order valence-corrected chi connectivity index (χ4v) is 3.71. The highest BCUT2D eigenvalue weighted by Gasteiger charge is 2.48. The van der Waals surface area contributed by atoms with Crippen molar-refractivity contribution in [1.82, 2.24) is 15.1 Å². The molecule has 0 aromatic heterocycles. The first-order valence-corrected chi connectivity index (χ1v) is 8.74. The predicted molar refractivity (Wildman–Crippen MR) is 89.8 cm³/mol. The molecule has 0 aromatic carbocycles. The van der Waals surface area contributed by atoms with E-state index in [1.807, 2.05) is 4.90 Å². The highest BCUT2D eigenvalue weighted by atomic mass is 32.2. The third-order valence-corrected chi connectivity index (χ3v) is 4.97. The van der Waals surface area contributed by atoms with Gasteiger partial charge in [-0.3, -0.25) is 10.1 Å². The van der Waals surface area contributed by atoms with Gasteiger partial charge in [-0.2, -0.15) is 0 Å². The summed E-state index contributed by atoms with van der Waals surface area (Å²) in [6.45, 7) is 6.50. The zero-order valence-corrected chi connectivity index (χ0v) is 14.1. The molecule has 122 valence electrons. The molecule has 3 amide bonds. The molecule has 2 heterocycles. The number of likely N-dealkylation sites (N-methyl/N-ethyl adjacent to an activating group) is 1. The van der Waals surface area contributed by atoms with Gasteiger partial charge < -0.3 is 9.80 Å². The average molecular weight is 324 g/mol. The van der Waals surface area contributed by atoms with Crippen LogP contribution in [0.1, 0.15) is 32.6 Å².